The molecule has 82 valence electrons. The number of rotatable bonds is 3. The third kappa shape index (κ3) is 2.21. The van der Waals surface area contributed by atoms with Gasteiger partial charge in [0.1, 0.15) is 0 Å². The van der Waals surface area contributed by atoms with Gasteiger partial charge in [-0.05, 0) is 37.4 Å². The molecule has 1 aromatic rings. The van der Waals surface area contributed by atoms with Crippen LogP contribution in [-0.4, -0.2) is 17.1 Å². The van der Waals surface area contributed by atoms with E-state index >= 15 is 0 Å². The van der Waals surface area contributed by atoms with Gasteiger partial charge >= 0.3 is 0 Å². The van der Waals surface area contributed by atoms with E-state index in [4.69, 9.17) is 5.73 Å². The molecule has 3 N–H and O–H groups in total. The molecule has 2 unspecified atom stereocenters. The van der Waals surface area contributed by atoms with Gasteiger partial charge in [0.25, 0.3) is 0 Å². The van der Waals surface area contributed by atoms with E-state index in [2.05, 4.69) is 5.43 Å². The fraction of sp³-hybridized carbons (Fsp3) is 0.545. The Morgan fingerprint density at radius 1 is 1.40 bits per heavy atom. The van der Waals surface area contributed by atoms with Crippen LogP contribution in [0.5, 0.6) is 0 Å². The van der Waals surface area contributed by atoms with Gasteiger partial charge < -0.3 is 5.73 Å². The first-order valence-corrected chi connectivity index (χ1v) is 5.45. The maximum Gasteiger partial charge on any atom is 0.242 e. The van der Waals surface area contributed by atoms with E-state index in [0.29, 0.717) is 12.5 Å². The number of carbonyl (C=O) groups excluding carboxylic acids is 1. The number of carbonyl (C=O) groups is 1. The minimum atomic E-state index is 0.0948. The molecule has 4 nitrogen and oxygen atoms in total. The Morgan fingerprint density at radius 2 is 2.13 bits per heavy atom. The van der Waals surface area contributed by atoms with Gasteiger partial charge in [0.15, 0.2) is 0 Å². The van der Waals surface area contributed by atoms with Crippen molar-refractivity contribution in [2.45, 2.75) is 19.3 Å². The number of nitrogens with zero attached hydrogens (tertiary/aromatic N) is 1. The average Bonchev–Trinajstić information content (AvgIpc) is 2.86. The Labute approximate surface area is 89.4 Å². The minimum absolute atomic E-state index is 0.0948. The summed E-state index contributed by atoms with van der Waals surface area (Å²) in [5, 5.41) is 0. The van der Waals surface area contributed by atoms with E-state index in [0.717, 1.165) is 19.3 Å². The van der Waals surface area contributed by atoms with Crippen LogP contribution in [0.1, 0.15) is 19.3 Å². The third-order valence-corrected chi connectivity index (χ3v) is 3.14. The quantitative estimate of drug-likeness (QED) is 0.774. The molecule has 1 heterocycles. The van der Waals surface area contributed by atoms with Crippen LogP contribution in [0.4, 0.5) is 0 Å². The van der Waals surface area contributed by atoms with Crippen molar-refractivity contribution in [2.75, 3.05) is 12.0 Å². The van der Waals surface area contributed by atoms with E-state index in [1.165, 1.54) is 0 Å². The highest BCUT2D eigenvalue weighted by Gasteiger charge is 2.31. The molecule has 2 rings (SSSR count). The summed E-state index contributed by atoms with van der Waals surface area (Å²) >= 11 is 0. The Hall–Kier alpha value is -1.29. The highest BCUT2D eigenvalue weighted by atomic mass is 16.2. The number of hydrogen-bond donors (Lipinski definition) is 2. The summed E-state index contributed by atoms with van der Waals surface area (Å²) in [5.74, 6) is 0.553. The largest absolute Gasteiger partial charge is 0.330 e. The summed E-state index contributed by atoms with van der Waals surface area (Å²) in [6.07, 6.45) is 6.81. The minimum Gasteiger partial charge on any atom is -0.330 e. The highest BCUT2D eigenvalue weighted by molar-refractivity contribution is 5.86. The zero-order chi connectivity index (χ0) is 10.7. The summed E-state index contributed by atoms with van der Waals surface area (Å²) in [7, 11) is 0. The van der Waals surface area contributed by atoms with Crippen molar-refractivity contribution in [3.63, 3.8) is 0 Å². The molecule has 1 aliphatic rings. The van der Waals surface area contributed by atoms with Crippen molar-refractivity contribution in [1.29, 1.82) is 0 Å². The smallest absolute Gasteiger partial charge is 0.242 e. The fourth-order valence-electron chi connectivity index (χ4n) is 2.28. The summed E-state index contributed by atoms with van der Waals surface area (Å²) in [6, 6.07) is 3.77. The van der Waals surface area contributed by atoms with Crippen LogP contribution < -0.4 is 11.2 Å². The van der Waals surface area contributed by atoms with E-state index in [-0.39, 0.29) is 11.8 Å². The molecule has 1 fully saturated rings. The first-order chi connectivity index (χ1) is 7.31. The molecule has 0 bridgehead atoms. The molecule has 0 spiro atoms. The van der Waals surface area contributed by atoms with Gasteiger partial charge in [-0.15, -0.1) is 0 Å². The van der Waals surface area contributed by atoms with Crippen molar-refractivity contribution in [3.05, 3.63) is 24.5 Å². The average molecular weight is 207 g/mol. The molecule has 0 radical (unpaired) electrons. The maximum absolute atomic E-state index is 11.9. The fourth-order valence-corrected chi connectivity index (χ4v) is 2.28. The van der Waals surface area contributed by atoms with E-state index in [1.807, 2.05) is 24.5 Å². The Balaban J connectivity index is 1.96. The topological polar surface area (TPSA) is 60.1 Å². The zero-order valence-corrected chi connectivity index (χ0v) is 8.73. The van der Waals surface area contributed by atoms with Gasteiger partial charge in [-0.2, -0.15) is 0 Å². The van der Waals surface area contributed by atoms with Crippen molar-refractivity contribution in [3.8, 4) is 0 Å². The highest BCUT2D eigenvalue weighted by Crippen LogP contribution is 2.31. The molecule has 1 amide bonds. The Kier molecular flexibility index (Phi) is 3.06. The van der Waals surface area contributed by atoms with Crippen LogP contribution >= 0.6 is 0 Å². The molecule has 2 atom stereocenters. The van der Waals surface area contributed by atoms with Crippen LogP contribution in [0, 0.1) is 11.8 Å². The maximum atomic E-state index is 11.9. The van der Waals surface area contributed by atoms with E-state index in [1.54, 1.807) is 4.68 Å². The molecule has 4 heteroatoms. The molecule has 1 aliphatic carbocycles. The zero-order valence-electron chi connectivity index (χ0n) is 8.73. The summed E-state index contributed by atoms with van der Waals surface area (Å²) in [6.45, 7) is 0.615. The molecular weight excluding hydrogens is 190 g/mol. The standard InChI is InChI=1S/C11H17N3O/c12-8-9-4-3-5-10(9)11(15)13-14-6-1-2-7-14/h1-2,6-7,9-10H,3-5,8,12H2,(H,13,15). The van der Waals surface area contributed by atoms with Gasteiger partial charge in [0.05, 0.1) is 0 Å². The lowest BCUT2D eigenvalue weighted by Gasteiger charge is -2.17. The summed E-state index contributed by atoms with van der Waals surface area (Å²) < 4.78 is 1.69. The van der Waals surface area contributed by atoms with Gasteiger partial charge in [-0.25, -0.2) is 0 Å². The number of amides is 1. The van der Waals surface area contributed by atoms with Crippen molar-refractivity contribution < 1.29 is 4.79 Å². The molecule has 0 saturated heterocycles. The SMILES string of the molecule is NCC1CCCC1C(=O)Nn1cccc1. The van der Waals surface area contributed by atoms with Crippen LogP contribution in [0.25, 0.3) is 0 Å². The van der Waals surface area contributed by atoms with Crippen LogP contribution in [0.2, 0.25) is 0 Å². The molecular formula is C11H17N3O. The van der Waals surface area contributed by atoms with Gasteiger partial charge in [0.2, 0.25) is 5.91 Å². The Bertz CT molecular complexity index is 321. The Morgan fingerprint density at radius 3 is 2.80 bits per heavy atom. The predicted molar refractivity (Wildman–Crippen MR) is 58.7 cm³/mol. The normalized spacial score (nSPS) is 25.4. The van der Waals surface area contributed by atoms with Crippen molar-refractivity contribution in [2.24, 2.45) is 17.6 Å². The number of nitrogens with two attached hydrogens (primary N) is 1. The van der Waals surface area contributed by atoms with Crippen LogP contribution in [-0.2, 0) is 4.79 Å². The first-order valence-electron chi connectivity index (χ1n) is 5.45. The van der Waals surface area contributed by atoms with Crippen molar-refractivity contribution >= 4 is 5.91 Å². The molecule has 0 aliphatic heterocycles. The summed E-state index contributed by atoms with van der Waals surface area (Å²) in [5.41, 5.74) is 8.50. The first kappa shape index (κ1) is 10.2. The molecule has 1 saturated carbocycles. The number of aromatic nitrogens is 1. The lowest BCUT2D eigenvalue weighted by molar-refractivity contribution is -0.121. The predicted octanol–water partition coefficient (Wildman–Crippen LogP) is 0.933. The third-order valence-electron chi connectivity index (χ3n) is 3.14. The monoisotopic (exact) mass is 207 g/mol. The second-order valence-corrected chi connectivity index (χ2v) is 4.10. The van der Waals surface area contributed by atoms with Gasteiger partial charge in [-0.3, -0.25) is 14.9 Å². The lowest BCUT2D eigenvalue weighted by Crippen LogP contribution is -2.33. The molecule has 0 aromatic carbocycles. The molecule has 15 heavy (non-hydrogen) atoms. The van der Waals surface area contributed by atoms with E-state index in [9.17, 15) is 4.79 Å². The number of nitrogens with one attached hydrogen (secondary N) is 1. The van der Waals surface area contributed by atoms with E-state index < -0.39 is 0 Å². The van der Waals surface area contributed by atoms with Gasteiger partial charge in [0, 0.05) is 18.3 Å². The second kappa shape index (κ2) is 4.49. The van der Waals surface area contributed by atoms with Crippen LogP contribution in [0.3, 0.4) is 0 Å². The van der Waals surface area contributed by atoms with Crippen LogP contribution in [0.15, 0.2) is 24.5 Å². The second-order valence-electron chi connectivity index (χ2n) is 4.10. The molecule has 1 aromatic heterocycles. The lowest BCUT2D eigenvalue weighted by atomic mass is 9.96. The van der Waals surface area contributed by atoms with Gasteiger partial charge in [-0.1, -0.05) is 6.42 Å². The summed E-state index contributed by atoms with van der Waals surface area (Å²) in [4.78, 5) is 11.9. The van der Waals surface area contributed by atoms with Crippen molar-refractivity contribution in [1.82, 2.24) is 4.68 Å². The number of hydrogen-bond acceptors (Lipinski definition) is 2.